The summed E-state index contributed by atoms with van der Waals surface area (Å²) in [6.45, 7) is 4.47. The molecule has 1 rings (SSSR count). The van der Waals surface area contributed by atoms with Crippen molar-refractivity contribution in [3.05, 3.63) is 0 Å². The third-order valence-corrected chi connectivity index (χ3v) is 4.92. The van der Waals surface area contributed by atoms with Crippen LogP contribution < -0.4 is 64.1 Å². The monoisotopic (exact) mass is 425 g/mol. The van der Waals surface area contributed by atoms with Crippen LogP contribution in [-0.4, -0.2) is 75.7 Å². The molecule has 1 unspecified atom stereocenters. The molecule has 0 aliphatic carbocycles. The smallest absolute Gasteiger partial charge is 0.870 e. The van der Waals surface area contributed by atoms with Crippen molar-refractivity contribution in [3.63, 3.8) is 0 Å². The summed E-state index contributed by atoms with van der Waals surface area (Å²) in [5.41, 5.74) is 0. The van der Waals surface area contributed by atoms with Crippen LogP contribution in [0.25, 0.3) is 0 Å². The summed E-state index contributed by atoms with van der Waals surface area (Å²) < 4.78 is 0.419. The fourth-order valence-corrected chi connectivity index (χ4v) is 3.60. The topological polar surface area (TPSA) is 162 Å². The van der Waals surface area contributed by atoms with Crippen molar-refractivity contribution in [1.29, 1.82) is 0 Å². The number of aliphatic hydroxyl groups is 1. The van der Waals surface area contributed by atoms with Crippen LogP contribution in [-0.2, 0) is 4.79 Å². The van der Waals surface area contributed by atoms with Gasteiger partial charge in [-0.05, 0) is 6.42 Å². The van der Waals surface area contributed by atoms with E-state index in [2.05, 4.69) is 11.9 Å². The van der Waals surface area contributed by atoms with E-state index in [0.717, 1.165) is 31.8 Å². The van der Waals surface area contributed by atoms with E-state index in [0.29, 0.717) is 11.0 Å². The van der Waals surface area contributed by atoms with Crippen LogP contribution in [0.15, 0.2) is 0 Å². The van der Waals surface area contributed by atoms with Crippen LogP contribution in [0.2, 0.25) is 0 Å². The molecule has 0 saturated carbocycles. The van der Waals surface area contributed by atoms with E-state index in [1.165, 1.54) is 51.4 Å². The van der Waals surface area contributed by atoms with Gasteiger partial charge in [0.05, 0.1) is 13.0 Å². The van der Waals surface area contributed by atoms with Gasteiger partial charge in [0.25, 0.3) is 0 Å². The van der Waals surface area contributed by atoms with Crippen molar-refractivity contribution in [2.45, 2.75) is 71.1 Å². The van der Waals surface area contributed by atoms with Gasteiger partial charge < -0.3 is 26.6 Å². The van der Waals surface area contributed by atoms with Crippen molar-refractivity contribution in [1.82, 2.24) is 0 Å². The molecule has 0 aromatic heterocycles. The molecular weight excluding hydrogens is 386 g/mol. The second-order valence-electron chi connectivity index (χ2n) is 6.82. The first-order valence-electron chi connectivity index (χ1n) is 9.43. The van der Waals surface area contributed by atoms with Crippen molar-refractivity contribution in [2.75, 3.05) is 32.8 Å². The van der Waals surface area contributed by atoms with E-state index < -0.39 is 5.97 Å². The molecule has 1 aliphatic rings. The van der Waals surface area contributed by atoms with Crippen molar-refractivity contribution >= 4 is 11.8 Å². The van der Waals surface area contributed by atoms with Crippen molar-refractivity contribution < 1.29 is 100 Å². The minimum atomic E-state index is -0.785. The number of aliphatic carboxylic acids is 1. The summed E-state index contributed by atoms with van der Waals surface area (Å²) in [5.74, 6) is 0.330. The summed E-state index contributed by atoms with van der Waals surface area (Å²) in [4.78, 5) is 14.5. The number of quaternary nitrogens is 1. The maximum Gasteiger partial charge on any atom is 1.00 e. The molecule has 0 aromatic rings. The Morgan fingerprint density at radius 1 is 0.964 bits per heavy atom. The van der Waals surface area contributed by atoms with Gasteiger partial charge in [-0.15, -0.1) is 0 Å². The zero-order chi connectivity index (χ0) is 17.0. The predicted octanol–water partition coefficient (Wildman–Crippen LogP) is -5.23. The van der Waals surface area contributed by atoms with Crippen molar-refractivity contribution in [3.8, 4) is 0 Å². The second-order valence-corrected chi connectivity index (χ2v) is 6.82. The number of aliphatic hydroxyl groups excluding tert-OH is 1. The number of nitrogens with zero attached hydrogens (tertiary/aromatic N) is 1. The zero-order valence-corrected chi connectivity index (χ0v) is 22.2. The van der Waals surface area contributed by atoms with Crippen LogP contribution in [0, 0.1) is 0 Å². The maximum atomic E-state index is 11.2. The van der Waals surface area contributed by atoms with Crippen molar-refractivity contribution in [2.24, 2.45) is 0 Å². The molecule has 0 fully saturated rings. The summed E-state index contributed by atoms with van der Waals surface area (Å²) in [6.07, 6.45) is 12.6. The molecule has 6 N–H and O–H groups in total. The number of unbranched alkanes of at least 4 members (excludes halogenated alkanes) is 8. The molecule has 0 spiro atoms. The molecule has 0 amide bonds. The number of carboxylic acids is 1. The maximum absolute atomic E-state index is 11.2. The Morgan fingerprint density at radius 3 is 1.93 bits per heavy atom. The Kier molecular flexibility index (Phi) is 34.1. The van der Waals surface area contributed by atoms with E-state index in [9.17, 15) is 15.0 Å². The number of nitrogens with one attached hydrogen (secondary N) is 1. The quantitative estimate of drug-likeness (QED) is 0.143. The third-order valence-electron chi connectivity index (χ3n) is 4.92. The molecule has 158 valence electrons. The van der Waals surface area contributed by atoms with E-state index in [4.69, 9.17) is 0 Å². The second kappa shape index (κ2) is 24.2. The Bertz CT molecular complexity index is 389. The molecule has 1 aliphatic heterocycles. The molecule has 28 heavy (non-hydrogen) atoms. The normalized spacial score (nSPS) is 17.0. The summed E-state index contributed by atoms with van der Waals surface area (Å²) in [5, 5.41) is 18.5. The standard InChI is InChI=1S/C18H34N2O3.2Na.3H2O/c1-2-3-4-5-6-7-8-9-10-11-17-19-12-13-20(17,14-15-21)16-18(22)23;;;;;/h21H,2-16H2,1H3;;;3*1H2/q;2*+1;;;/p-1. The number of carbonyl (C=O) groups is 1. The molecule has 10 heteroatoms. The molecule has 0 bridgehead atoms. The number of hydrogen-bond acceptors (Lipinski definition) is 5. The van der Waals surface area contributed by atoms with Gasteiger partial charge in [0.15, 0.2) is 13.1 Å². The van der Waals surface area contributed by atoms with Gasteiger partial charge in [0.1, 0.15) is 13.1 Å². The molecule has 0 aromatic carbocycles. The largest absolute Gasteiger partial charge is 1.00 e. The van der Waals surface area contributed by atoms with E-state index in [1.807, 2.05) is 0 Å². The minimum absolute atomic E-state index is 0. The zero-order valence-electron chi connectivity index (χ0n) is 18.2. The van der Waals surface area contributed by atoms with Crippen LogP contribution in [0.1, 0.15) is 71.1 Å². The van der Waals surface area contributed by atoms with E-state index >= 15 is 0 Å². The molecule has 1 heterocycles. The molecule has 0 saturated heterocycles. The third kappa shape index (κ3) is 15.7. The van der Waals surface area contributed by atoms with Gasteiger partial charge in [-0.1, -0.05) is 58.3 Å². The Morgan fingerprint density at radius 2 is 1.46 bits per heavy atom. The van der Waals surface area contributed by atoms with E-state index in [1.54, 1.807) is 0 Å². The molecular formula is C18H39N2Na2O6+. The van der Waals surface area contributed by atoms with Gasteiger partial charge in [0, 0.05) is 0 Å². The fraction of sp³-hybridized carbons (Fsp3) is 0.889. The molecule has 8 nitrogen and oxygen atoms in total. The van der Waals surface area contributed by atoms with Crippen LogP contribution in [0.3, 0.4) is 0 Å². The average molecular weight is 425 g/mol. The Balaban J connectivity index is -0.000000353. The van der Waals surface area contributed by atoms with Crippen LogP contribution in [0.4, 0.5) is 0 Å². The van der Waals surface area contributed by atoms with Gasteiger partial charge in [-0.25, -0.2) is 9.28 Å². The number of carboxylic acid groups (broad SMARTS) is 1. The number of rotatable bonds is 14. The molecule has 1 atom stereocenters. The van der Waals surface area contributed by atoms with Gasteiger partial charge in [0.2, 0.25) is 0 Å². The minimum Gasteiger partial charge on any atom is -0.870 e. The molecule has 0 radical (unpaired) electrons. The first-order valence-corrected chi connectivity index (χ1v) is 9.43. The van der Waals surface area contributed by atoms with Gasteiger partial charge in [-0.2, -0.15) is 4.99 Å². The number of amidine groups is 1. The van der Waals surface area contributed by atoms with Gasteiger partial charge in [-0.3, -0.25) is 0 Å². The summed E-state index contributed by atoms with van der Waals surface area (Å²) in [7, 11) is 0. The SMILES string of the molecule is CCCCCCCCCCCC1=[NH+]CC[N+]1(CCO)CC(=O)O.[Na+].[Na+].[OH-].[OH-].[OH-]. The summed E-state index contributed by atoms with van der Waals surface area (Å²) >= 11 is 0. The van der Waals surface area contributed by atoms with Crippen LogP contribution in [0.5, 0.6) is 0 Å². The van der Waals surface area contributed by atoms with Gasteiger partial charge >= 0.3 is 70.9 Å². The first kappa shape index (κ1) is 39.4. The average Bonchev–Trinajstić information content (AvgIpc) is 2.87. The fourth-order valence-electron chi connectivity index (χ4n) is 3.60. The number of hydrogen-bond donors (Lipinski definition) is 3. The first-order chi connectivity index (χ1) is 11.1. The summed E-state index contributed by atoms with van der Waals surface area (Å²) in [6, 6.07) is 0. The Labute approximate surface area is 214 Å². The Hall–Kier alpha value is 0.940. The van der Waals surface area contributed by atoms with Crippen LogP contribution >= 0.6 is 0 Å². The predicted molar refractivity (Wildman–Crippen MR) is 98.1 cm³/mol. The van der Waals surface area contributed by atoms with E-state index in [-0.39, 0.29) is 88.7 Å².